The van der Waals surface area contributed by atoms with Crippen LogP contribution in [0.15, 0.2) is 24.3 Å². The van der Waals surface area contributed by atoms with Crippen LogP contribution in [0.1, 0.15) is 40.0 Å². The number of anilines is 1. The molecule has 2 aliphatic carbocycles. The highest BCUT2D eigenvalue weighted by molar-refractivity contribution is 14.1. The van der Waals surface area contributed by atoms with E-state index in [1.807, 2.05) is 0 Å². The van der Waals surface area contributed by atoms with Crippen LogP contribution in [0.4, 0.5) is 5.69 Å². The molecule has 98 valence electrons. The molecule has 0 heterocycles. The highest BCUT2D eigenvalue weighted by Gasteiger charge is 2.59. The molecule has 1 aromatic carbocycles. The molecule has 1 nitrogen and oxygen atoms in total. The second-order valence-electron chi connectivity index (χ2n) is 6.97. The number of hydrogen-bond donors (Lipinski definition) is 1. The molecule has 0 saturated heterocycles. The van der Waals surface area contributed by atoms with Crippen molar-refractivity contribution in [2.24, 2.45) is 16.7 Å². The number of nitrogens with one attached hydrogen (secondary N) is 1. The van der Waals surface area contributed by atoms with Gasteiger partial charge < -0.3 is 5.32 Å². The van der Waals surface area contributed by atoms with Gasteiger partial charge in [-0.25, -0.2) is 0 Å². The molecule has 1 N–H and O–H groups in total. The number of hydrogen-bond acceptors (Lipinski definition) is 1. The lowest BCUT2D eigenvalue weighted by atomic mass is 9.68. The highest BCUT2D eigenvalue weighted by atomic mass is 127. The Kier molecular flexibility index (Phi) is 2.92. The van der Waals surface area contributed by atoms with Crippen molar-refractivity contribution in [3.63, 3.8) is 0 Å². The van der Waals surface area contributed by atoms with E-state index < -0.39 is 0 Å². The van der Waals surface area contributed by atoms with Crippen LogP contribution in [-0.4, -0.2) is 6.04 Å². The van der Waals surface area contributed by atoms with Gasteiger partial charge in [0, 0.05) is 15.3 Å². The number of para-hydroxylation sites is 1. The summed E-state index contributed by atoms with van der Waals surface area (Å²) in [5, 5.41) is 3.86. The summed E-state index contributed by atoms with van der Waals surface area (Å²) in [6.07, 6.45) is 4.22. The quantitative estimate of drug-likeness (QED) is 0.743. The Morgan fingerprint density at radius 2 is 1.94 bits per heavy atom. The molecular formula is C16H22IN. The second-order valence-corrected chi connectivity index (χ2v) is 8.13. The molecular weight excluding hydrogens is 333 g/mol. The van der Waals surface area contributed by atoms with Crippen molar-refractivity contribution in [3.05, 3.63) is 27.8 Å². The van der Waals surface area contributed by atoms with Crippen LogP contribution >= 0.6 is 22.6 Å². The average molecular weight is 355 g/mol. The third-order valence-corrected chi connectivity index (χ3v) is 6.38. The Morgan fingerprint density at radius 3 is 2.56 bits per heavy atom. The fraction of sp³-hybridized carbons (Fsp3) is 0.625. The predicted molar refractivity (Wildman–Crippen MR) is 85.8 cm³/mol. The van der Waals surface area contributed by atoms with E-state index in [0.29, 0.717) is 16.9 Å². The molecule has 1 unspecified atom stereocenters. The second kappa shape index (κ2) is 4.12. The smallest absolute Gasteiger partial charge is 0.0478 e. The zero-order valence-corrected chi connectivity index (χ0v) is 13.6. The minimum absolute atomic E-state index is 0.423. The number of rotatable bonds is 2. The SMILES string of the molecule is CC1(C)C(Nc2ccccc2I)[C@]2(C)CC[C@H]1C2. The summed E-state index contributed by atoms with van der Waals surface area (Å²) in [5.74, 6) is 0.904. The molecule has 0 aliphatic heterocycles. The van der Waals surface area contributed by atoms with Gasteiger partial charge in [0.25, 0.3) is 0 Å². The van der Waals surface area contributed by atoms with Gasteiger partial charge in [-0.15, -0.1) is 0 Å². The van der Waals surface area contributed by atoms with Crippen molar-refractivity contribution in [1.29, 1.82) is 0 Å². The number of fused-ring (bicyclic) bond motifs is 2. The number of benzene rings is 1. The average Bonchev–Trinajstić information content (AvgIpc) is 2.78. The Morgan fingerprint density at radius 1 is 1.22 bits per heavy atom. The monoisotopic (exact) mass is 355 g/mol. The van der Waals surface area contributed by atoms with E-state index in [0.717, 1.165) is 5.92 Å². The topological polar surface area (TPSA) is 12.0 Å². The third-order valence-electron chi connectivity index (χ3n) is 5.44. The molecule has 2 heteroatoms. The minimum atomic E-state index is 0.423. The van der Waals surface area contributed by atoms with Crippen molar-refractivity contribution in [1.82, 2.24) is 0 Å². The molecule has 0 spiro atoms. The van der Waals surface area contributed by atoms with E-state index in [-0.39, 0.29) is 0 Å². The third kappa shape index (κ3) is 1.79. The summed E-state index contributed by atoms with van der Waals surface area (Å²) in [6.45, 7) is 7.39. The molecule has 1 aromatic rings. The van der Waals surface area contributed by atoms with E-state index >= 15 is 0 Å². The zero-order chi connectivity index (χ0) is 13.0. The van der Waals surface area contributed by atoms with Gasteiger partial charge in [-0.2, -0.15) is 0 Å². The fourth-order valence-corrected chi connectivity index (χ4v) is 4.94. The molecule has 0 aromatic heterocycles. The van der Waals surface area contributed by atoms with Gasteiger partial charge in [0.1, 0.15) is 0 Å². The summed E-state index contributed by atoms with van der Waals surface area (Å²) in [6, 6.07) is 9.26. The highest BCUT2D eigenvalue weighted by Crippen LogP contribution is 2.63. The van der Waals surface area contributed by atoms with Gasteiger partial charge in [-0.3, -0.25) is 0 Å². The van der Waals surface area contributed by atoms with Gasteiger partial charge in [0.2, 0.25) is 0 Å². The van der Waals surface area contributed by atoms with Gasteiger partial charge in [0.05, 0.1) is 0 Å². The van der Waals surface area contributed by atoms with Gasteiger partial charge in [-0.1, -0.05) is 32.9 Å². The molecule has 18 heavy (non-hydrogen) atoms. The molecule has 3 rings (SSSR count). The van der Waals surface area contributed by atoms with E-state index in [2.05, 4.69) is 72.9 Å². The first kappa shape index (κ1) is 12.8. The van der Waals surface area contributed by atoms with Crippen molar-refractivity contribution < 1.29 is 0 Å². The fourth-order valence-electron chi connectivity index (χ4n) is 4.40. The van der Waals surface area contributed by atoms with Crippen LogP contribution in [0.5, 0.6) is 0 Å². The Hall–Kier alpha value is -0.250. The summed E-state index contributed by atoms with van der Waals surface area (Å²) >= 11 is 2.43. The lowest BCUT2D eigenvalue weighted by molar-refractivity contribution is 0.155. The predicted octanol–water partition coefficient (Wildman–Crippen LogP) is 4.92. The maximum Gasteiger partial charge on any atom is 0.0478 e. The summed E-state index contributed by atoms with van der Waals surface area (Å²) in [4.78, 5) is 0. The lowest BCUT2D eigenvalue weighted by Gasteiger charge is -2.43. The van der Waals surface area contributed by atoms with Crippen LogP contribution in [0.3, 0.4) is 0 Å². The Labute approximate surface area is 124 Å². The van der Waals surface area contributed by atoms with Gasteiger partial charge in [0.15, 0.2) is 0 Å². The summed E-state index contributed by atoms with van der Waals surface area (Å²) in [5.41, 5.74) is 2.23. The molecule has 2 aliphatic rings. The van der Waals surface area contributed by atoms with E-state index in [1.54, 1.807) is 0 Å². The van der Waals surface area contributed by atoms with Crippen LogP contribution in [0, 0.1) is 20.3 Å². The maximum atomic E-state index is 3.86. The maximum absolute atomic E-state index is 3.86. The summed E-state index contributed by atoms with van der Waals surface area (Å²) in [7, 11) is 0. The Balaban J connectivity index is 1.91. The Bertz CT molecular complexity index is 463. The first-order valence-corrected chi connectivity index (χ1v) is 8.02. The first-order valence-electron chi connectivity index (χ1n) is 6.94. The van der Waals surface area contributed by atoms with Gasteiger partial charge >= 0.3 is 0 Å². The van der Waals surface area contributed by atoms with Crippen LogP contribution in [0.2, 0.25) is 0 Å². The first-order chi connectivity index (χ1) is 8.43. The zero-order valence-electron chi connectivity index (χ0n) is 11.5. The van der Waals surface area contributed by atoms with E-state index in [1.165, 1.54) is 28.5 Å². The van der Waals surface area contributed by atoms with Crippen molar-refractivity contribution in [3.8, 4) is 0 Å². The standard InChI is InChI=1S/C16H22IN/c1-15(2)11-8-9-16(3,10-11)14(15)18-13-7-5-4-6-12(13)17/h4-7,11,14,18H,8-10H2,1-3H3/t11-,14?,16+/m0/s1. The molecule has 2 bridgehead atoms. The minimum Gasteiger partial charge on any atom is -0.380 e. The lowest BCUT2D eigenvalue weighted by Crippen LogP contribution is -2.45. The molecule has 0 radical (unpaired) electrons. The van der Waals surface area contributed by atoms with Crippen LogP contribution in [0.25, 0.3) is 0 Å². The normalized spacial score (nSPS) is 36.9. The molecule has 3 atom stereocenters. The molecule has 2 fully saturated rings. The van der Waals surface area contributed by atoms with E-state index in [4.69, 9.17) is 0 Å². The molecule has 0 amide bonds. The van der Waals surface area contributed by atoms with Crippen LogP contribution in [-0.2, 0) is 0 Å². The molecule has 2 saturated carbocycles. The van der Waals surface area contributed by atoms with Crippen molar-refractivity contribution in [2.45, 2.75) is 46.1 Å². The van der Waals surface area contributed by atoms with Crippen molar-refractivity contribution in [2.75, 3.05) is 5.32 Å². The van der Waals surface area contributed by atoms with Gasteiger partial charge in [-0.05, 0) is 70.7 Å². The van der Waals surface area contributed by atoms with Crippen LogP contribution < -0.4 is 5.32 Å². The summed E-state index contributed by atoms with van der Waals surface area (Å²) < 4.78 is 1.33. The van der Waals surface area contributed by atoms with E-state index in [9.17, 15) is 0 Å². The largest absolute Gasteiger partial charge is 0.380 e. The van der Waals surface area contributed by atoms with Crippen molar-refractivity contribution >= 4 is 28.3 Å². The number of halogens is 1.